The molecule has 2 N–H and O–H groups in total. The second-order valence-electron chi connectivity index (χ2n) is 4.04. The summed E-state index contributed by atoms with van der Waals surface area (Å²) in [5, 5.41) is 2.61. The Morgan fingerprint density at radius 1 is 1.50 bits per heavy atom. The van der Waals surface area contributed by atoms with Crippen LogP contribution in [0.2, 0.25) is 5.02 Å². The molecule has 0 aromatic carbocycles. The first-order valence-electron chi connectivity index (χ1n) is 5.67. The van der Waals surface area contributed by atoms with Crippen LogP contribution in [-0.4, -0.2) is 24.9 Å². The fourth-order valence-corrected chi connectivity index (χ4v) is 3.52. The van der Waals surface area contributed by atoms with Crippen LogP contribution in [0.25, 0.3) is 0 Å². The number of halogens is 1. The molecule has 108 valence electrons. The van der Waals surface area contributed by atoms with E-state index in [-0.39, 0.29) is 16.5 Å². The van der Waals surface area contributed by atoms with E-state index >= 15 is 0 Å². The minimum absolute atomic E-state index is 0.0718. The second kappa shape index (κ2) is 6.04. The van der Waals surface area contributed by atoms with Crippen molar-refractivity contribution < 1.29 is 8.42 Å². The molecular weight excluding hydrogens is 322 g/mol. The molecule has 0 spiro atoms. The Balaban J connectivity index is 2.03. The van der Waals surface area contributed by atoms with Crippen molar-refractivity contribution in [1.29, 1.82) is 0 Å². The standard InChI is InChI=1S/C11H12ClN3O3S2/c1-7-6-19-10(15-7)2-3-14-20(17,18)8-4-9(12)11(16)13-5-8/h4-6,14H,2-3H2,1H3,(H,13,16). The molecule has 2 heterocycles. The number of nitrogens with zero attached hydrogens (tertiary/aromatic N) is 1. The number of hydrogen-bond donors (Lipinski definition) is 2. The summed E-state index contributed by atoms with van der Waals surface area (Å²) in [7, 11) is -3.69. The summed E-state index contributed by atoms with van der Waals surface area (Å²) in [5.74, 6) is 0. The van der Waals surface area contributed by atoms with Gasteiger partial charge in [-0.25, -0.2) is 18.1 Å². The minimum atomic E-state index is -3.69. The van der Waals surface area contributed by atoms with Crippen LogP contribution in [-0.2, 0) is 16.4 Å². The van der Waals surface area contributed by atoms with Gasteiger partial charge < -0.3 is 4.98 Å². The first kappa shape index (κ1) is 15.2. The van der Waals surface area contributed by atoms with Crippen LogP contribution in [0.1, 0.15) is 10.7 Å². The zero-order valence-corrected chi connectivity index (χ0v) is 12.9. The smallest absolute Gasteiger partial charge is 0.266 e. The lowest BCUT2D eigenvalue weighted by atomic mass is 10.4. The average Bonchev–Trinajstić information content (AvgIpc) is 2.78. The molecule has 0 fully saturated rings. The molecule has 2 rings (SSSR count). The third-order valence-electron chi connectivity index (χ3n) is 2.44. The van der Waals surface area contributed by atoms with Gasteiger partial charge in [0.15, 0.2) is 0 Å². The number of hydrogen-bond acceptors (Lipinski definition) is 5. The van der Waals surface area contributed by atoms with Crippen LogP contribution in [0.15, 0.2) is 27.3 Å². The fourth-order valence-electron chi connectivity index (χ4n) is 1.49. The van der Waals surface area contributed by atoms with Gasteiger partial charge in [-0.3, -0.25) is 4.79 Å². The second-order valence-corrected chi connectivity index (χ2v) is 7.16. The summed E-state index contributed by atoms with van der Waals surface area (Å²) in [6.07, 6.45) is 1.62. The lowest BCUT2D eigenvalue weighted by Gasteiger charge is -2.05. The monoisotopic (exact) mass is 333 g/mol. The number of aromatic nitrogens is 2. The van der Waals surface area contributed by atoms with Crippen LogP contribution in [0.3, 0.4) is 0 Å². The summed E-state index contributed by atoms with van der Waals surface area (Å²) < 4.78 is 26.4. The average molecular weight is 334 g/mol. The molecule has 20 heavy (non-hydrogen) atoms. The van der Waals surface area contributed by atoms with E-state index < -0.39 is 15.6 Å². The zero-order chi connectivity index (χ0) is 14.8. The van der Waals surface area contributed by atoms with Gasteiger partial charge in [0, 0.05) is 30.2 Å². The molecular formula is C11H12ClN3O3S2. The summed E-state index contributed by atoms with van der Waals surface area (Å²) in [6.45, 7) is 2.11. The first-order chi connectivity index (χ1) is 9.38. The SMILES string of the molecule is Cc1csc(CCNS(=O)(=O)c2c[nH]c(=O)c(Cl)c2)n1. The Morgan fingerprint density at radius 2 is 2.25 bits per heavy atom. The molecule has 6 nitrogen and oxygen atoms in total. The molecule has 0 radical (unpaired) electrons. The van der Waals surface area contributed by atoms with Crippen LogP contribution in [0.4, 0.5) is 0 Å². The van der Waals surface area contributed by atoms with Crippen molar-refractivity contribution >= 4 is 33.0 Å². The third-order valence-corrected chi connectivity index (χ3v) is 5.19. The number of nitrogens with one attached hydrogen (secondary N) is 2. The lowest BCUT2D eigenvalue weighted by Crippen LogP contribution is -2.26. The number of thiazole rings is 1. The molecule has 0 aliphatic carbocycles. The zero-order valence-electron chi connectivity index (χ0n) is 10.5. The Hall–Kier alpha value is -1.22. The predicted octanol–water partition coefficient (Wildman–Crippen LogP) is 1.31. The Kier molecular flexibility index (Phi) is 4.59. The first-order valence-corrected chi connectivity index (χ1v) is 8.41. The van der Waals surface area contributed by atoms with Gasteiger partial charge in [0.2, 0.25) is 10.0 Å². The molecule has 0 unspecified atom stereocenters. The van der Waals surface area contributed by atoms with E-state index in [1.165, 1.54) is 11.3 Å². The summed E-state index contributed by atoms with van der Waals surface area (Å²) in [4.78, 5) is 17.5. The molecule has 0 saturated heterocycles. The minimum Gasteiger partial charge on any atom is -0.326 e. The molecule has 9 heteroatoms. The van der Waals surface area contributed by atoms with E-state index in [4.69, 9.17) is 11.6 Å². The fraction of sp³-hybridized carbons (Fsp3) is 0.273. The molecule has 2 aromatic rings. The predicted molar refractivity (Wildman–Crippen MR) is 77.8 cm³/mol. The molecule has 0 atom stereocenters. The maximum atomic E-state index is 12.0. The molecule has 2 aromatic heterocycles. The van der Waals surface area contributed by atoms with E-state index in [2.05, 4.69) is 14.7 Å². The molecule has 0 bridgehead atoms. The maximum absolute atomic E-state index is 12.0. The highest BCUT2D eigenvalue weighted by Crippen LogP contribution is 2.11. The Morgan fingerprint density at radius 3 is 2.85 bits per heavy atom. The van der Waals surface area contributed by atoms with Crippen LogP contribution in [0, 0.1) is 6.92 Å². The van der Waals surface area contributed by atoms with Gasteiger partial charge in [-0.1, -0.05) is 11.6 Å². The number of pyridine rings is 1. The van der Waals surface area contributed by atoms with Crippen LogP contribution < -0.4 is 10.3 Å². The lowest BCUT2D eigenvalue weighted by molar-refractivity contribution is 0.581. The van der Waals surface area contributed by atoms with Crippen molar-refractivity contribution in [2.45, 2.75) is 18.2 Å². The van der Waals surface area contributed by atoms with Crippen molar-refractivity contribution in [3.8, 4) is 0 Å². The third kappa shape index (κ3) is 3.66. The molecule has 0 amide bonds. The van der Waals surface area contributed by atoms with Gasteiger partial charge >= 0.3 is 0 Å². The summed E-state index contributed by atoms with van der Waals surface area (Å²) >= 11 is 7.09. The topological polar surface area (TPSA) is 91.9 Å². The van der Waals surface area contributed by atoms with Gasteiger partial charge in [0.05, 0.1) is 9.90 Å². The van der Waals surface area contributed by atoms with Crippen molar-refractivity contribution in [1.82, 2.24) is 14.7 Å². The summed E-state index contributed by atoms with van der Waals surface area (Å²) in [6, 6.07) is 1.12. The van der Waals surface area contributed by atoms with Crippen molar-refractivity contribution in [2.75, 3.05) is 6.54 Å². The van der Waals surface area contributed by atoms with Crippen molar-refractivity contribution in [3.63, 3.8) is 0 Å². The Bertz CT molecular complexity index is 767. The quantitative estimate of drug-likeness (QED) is 0.863. The van der Waals surface area contributed by atoms with Gasteiger partial charge in [-0.15, -0.1) is 11.3 Å². The van der Waals surface area contributed by atoms with Gasteiger partial charge in [-0.05, 0) is 13.0 Å². The number of sulfonamides is 1. The summed E-state index contributed by atoms with van der Waals surface area (Å²) in [5.41, 5.74) is 0.393. The number of H-pyrrole nitrogens is 1. The highest BCUT2D eigenvalue weighted by atomic mass is 35.5. The number of rotatable bonds is 5. The van der Waals surface area contributed by atoms with Crippen LogP contribution >= 0.6 is 22.9 Å². The molecule has 0 aliphatic rings. The van der Waals surface area contributed by atoms with E-state index in [9.17, 15) is 13.2 Å². The van der Waals surface area contributed by atoms with Gasteiger partial charge in [-0.2, -0.15) is 0 Å². The van der Waals surface area contributed by atoms with E-state index in [0.29, 0.717) is 6.42 Å². The van der Waals surface area contributed by atoms with Crippen molar-refractivity contribution in [2.24, 2.45) is 0 Å². The van der Waals surface area contributed by atoms with Crippen LogP contribution in [0.5, 0.6) is 0 Å². The largest absolute Gasteiger partial charge is 0.326 e. The van der Waals surface area contributed by atoms with Gasteiger partial charge in [0.1, 0.15) is 5.02 Å². The van der Waals surface area contributed by atoms with Gasteiger partial charge in [0.25, 0.3) is 5.56 Å². The number of aryl methyl sites for hydroxylation is 1. The normalized spacial score (nSPS) is 11.7. The maximum Gasteiger partial charge on any atom is 0.266 e. The molecule has 0 aliphatic heterocycles. The Labute approximate surface area is 124 Å². The van der Waals surface area contributed by atoms with Crippen molar-refractivity contribution in [3.05, 3.63) is 43.7 Å². The highest BCUT2D eigenvalue weighted by Gasteiger charge is 2.15. The van der Waals surface area contributed by atoms with E-state index in [1.54, 1.807) is 0 Å². The van der Waals surface area contributed by atoms with E-state index in [0.717, 1.165) is 23.0 Å². The number of aromatic amines is 1. The van der Waals surface area contributed by atoms with E-state index in [1.807, 2.05) is 12.3 Å². The molecule has 0 saturated carbocycles. The highest BCUT2D eigenvalue weighted by molar-refractivity contribution is 7.89.